The highest BCUT2D eigenvalue weighted by atomic mass is 32.1. The molecule has 0 spiro atoms. The molecule has 62 heavy (non-hydrogen) atoms. The molecule has 0 saturated carbocycles. The minimum Gasteiger partial charge on any atom is -0.208 e. The van der Waals surface area contributed by atoms with Crippen LogP contribution in [0.4, 0.5) is 0 Å². The van der Waals surface area contributed by atoms with E-state index in [2.05, 4.69) is 194 Å². The topological polar surface area (TPSA) is 38.7 Å². The summed E-state index contributed by atoms with van der Waals surface area (Å²) in [6.07, 6.45) is 0. The molecule has 3 heterocycles. The average Bonchev–Trinajstić information content (AvgIpc) is 3.92. The molecule has 12 aromatic rings. The van der Waals surface area contributed by atoms with Gasteiger partial charge in [-0.3, -0.25) is 0 Å². The molecule has 0 N–H and O–H groups in total. The standard InChI is InChI=1S/C57H35N3S2/c1-6-16-36(17-7-1)43-32-45(38-20-10-3-11-21-38)53-49(34-43)47-30-41(26-28-51(47)61-53)56-58-55(40-24-14-5-15-25-40)59-57(60-56)42-27-29-52-48(31-42)50-35-44(37-18-8-2-9-19-37)33-46(54(50)62-52)39-22-12-4-13-23-39/h1-35H. The molecule has 5 heteroatoms. The van der Waals surface area contributed by atoms with Gasteiger partial charge in [0.2, 0.25) is 0 Å². The van der Waals surface area contributed by atoms with Crippen molar-refractivity contribution in [2.45, 2.75) is 0 Å². The zero-order valence-corrected chi connectivity index (χ0v) is 35.0. The van der Waals surface area contributed by atoms with Gasteiger partial charge in [0.15, 0.2) is 17.5 Å². The fourth-order valence-electron chi connectivity index (χ4n) is 8.64. The molecular formula is C57H35N3S2. The molecule has 3 nitrogen and oxygen atoms in total. The number of benzene rings is 9. The number of rotatable bonds is 7. The van der Waals surface area contributed by atoms with E-state index >= 15 is 0 Å². The number of nitrogens with zero attached hydrogens (tertiary/aromatic N) is 3. The molecule has 290 valence electrons. The second kappa shape index (κ2) is 15.2. The van der Waals surface area contributed by atoms with E-state index in [4.69, 9.17) is 15.0 Å². The lowest BCUT2D eigenvalue weighted by Gasteiger charge is -2.10. The molecule has 12 rings (SSSR count). The van der Waals surface area contributed by atoms with Gasteiger partial charge in [-0.25, -0.2) is 15.0 Å². The first-order valence-electron chi connectivity index (χ1n) is 20.7. The first-order chi connectivity index (χ1) is 30.7. The van der Waals surface area contributed by atoms with Crippen molar-refractivity contribution in [2.75, 3.05) is 0 Å². The summed E-state index contributed by atoms with van der Waals surface area (Å²) in [6.45, 7) is 0. The summed E-state index contributed by atoms with van der Waals surface area (Å²) >= 11 is 3.68. The van der Waals surface area contributed by atoms with Crippen LogP contribution < -0.4 is 0 Å². The number of hydrogen-bond acceptors (Lipinski definition) is 5. The average molecular weight is 826 g/mol. The maximum Gasteiger partial charge on any atom is 0.164 e. The normalized spacial score (nSPS) is 11.5. The molecule has 0 saturated heterocycles. The van der Waals surface area contributed by atoms with Gasteiger partial charge in [-0.15, -0.1) is 22.7 Å². The van der Waals surface area contributed by atoms with E-state index in [9.17, 15) is 0 Å². The first-order valence-corrected chi connectivity index (χ1v) is 22.4. The highest BCUT2D eigenvalue weighted by Gasteiger charge is 2.19. The maximum absolute atomic E-state index is 5.29. The fourth-order valence-corrected chi connectivity index (χ4v) is 11.0. The lowest BCUT2D eigenvalue weighted by molar-refractivity contribution is 1.08. The van der Waals surface area contributed by atoms with Crippen LogP contribution in [0.2, 0.25) is 0 Å². The monoisotopic (exact) mass is 825 g/mol. The van der Waals surface area contributed by atoms with Crippen LogP contribution in [0, 0.1) is 0 Å². The molecule has 3 aromatic heterocycles. The van der Waals surface area contributed by atoms with Crippen molar-refractivity contribution >= 4 is 63.0 Å². The molecule has 0 bridgehead atoms. The van der Waals surface area contributed by atoms with Crippen molar-refractivity contribution < 1.29 is 0 Å². The smallest absolute Gasteiger partial charge is 0.164 e. The molecule has 0 radical (unpaired) electrons. The Morgan fingerprint density at radius 1 is 0.242 bits per heavy atom. The van der Waals surface area contributed by atoms with Gasteiger partial charge in [0.1, 0.15) is 0 Å². The van der Waals surface area contributed by atoms with E-state index in [-0.39, 0.29) is 0 Å². The van der Waals surface area contributed by atoms with E-state index in [1.54, 1.807) is 0 Å². The molecule has 0 aliphatic carbocycles. The van der Waals surface area contributed by atoms with Gasteiger partial charge in [0.05, 0.1) is 0 Å². The van der Waals surface area contributed by atoms with Crippen molar-refractivity contribution in [3.05, 3.63) is 212 Å². The van der Waals surface area contributed by atoms with Crippen LogP contribution in [0.25, 0.3) is 119 Å². The molecule has 0 unspecified atom stereocenters. The minimum atomic E-state index is 0.644. The predicted molar refractivity (Wildman–Crippen MR) is 264 cm³/mol. The summed E-state index contributed by atoms with van der Waals surface area (Å²) in [5.74, 6) is 1.93. The Morgan fingerprint density at radius 3 is 0.952 bits per heavy atom. The van der Waals surface area contributed by atoms with E-state index in [1.165, 1.54) is 84.9 Å². The Kier molecular flexibility index (Phi) is 8.87. The fraction of sp³-hybridized carbons (Fsp3) is 0. The number of fused-ring (bicyclic) bond motifs is 6. The molecule has 0 fully saturated rings. The number of hydrogen-bond donors (Lipinski definition) is 0. The molecule has 0 aliphatic rings. The lowest BCUT2D eigenvalue weighted by Crippen LogP contribution is -2.00. The summed E-state index contributed by atoms with van der Waals surface area (Å²) < 4.78 is 4.99. The van der Waals surface area contributed by atoms with Crippen LogP contribution in [0.15, 0.2) is 212 Å². The van der Waals surface area contributed by atoms with Crippen LogP contribution in [-0.4, -0.2) is 15.0 Å². The second-order valence-electron chi connectivity index (χ2n) is 15.6. The summed E-state index contributed by atoms with van der Waals surface area (Å²) in [7, 11) is 0. The first kappa shape index (κ1) is 36.3. The Bertz CT molecular complexity index is 3380. The number of thiophene rings is 2. The molecule has 9 aromatic carbocycles. The van der Waals surface area contributed by atoms with E-state index < -0.39 is 0 Å². The van der Waals surface area contributed by atoms with E-state index in [1.807, 2.05) is 40.9 Å². The van der Waals surface area contributed by atoms with Gasteiger partial charge in [0.25, 0.3) is 0 Å². The molecule has 0 atom stereocenters. The van der Waals surface area contributed by atoms with Crippen LogP contribution in [0.1, 0.15) is 0 Å². The van der Waals surface area contributed by atoms with Gasteiger partial charge in [-0.2, -0.15) is 0 Å². The van der Waals surface area contributed by atoms with Crippen LogP contribution in [-0.2, 0) is 0 Å². The summed E-state index contributed by atoms with van der Waals surface area (Å²) in [5, 5.41) is 4.83. The van der Waals surface area contributed by atoms with Crippen molar-refractivity contribution in [2.24, 2.45) is 0 Å². The Hall–Kier alpha value is -7.57. The van der Waals surface area contributed by atoms with Gasteiger partial charge in [0, 0.05) is 68.2 Å². The summed E-state index contributed by atoms with van der Waals surface area (Å²) in [4.78, 5) is 15.6. The Balaban J connectivity index is 1.05. The minimum absolute atomic E-state index is 0.644. The maximum atomic E-state index is 5.29. The van der Waals surface area contributed by atoms with Crippen LogP contribution in [0.3, 0.4) is 0 Å². The largest absolute Gasteiger partial charge is 0.208 e. The highest BCUT2D eigenvalue weighted by Crippen LogP contribution is 2.46. The SMILES string of the molecule is c1ccc(-c2cc(-c3ccccc3)c3sc4ccc(-c5nc(-c6ccccc6)nc(-c6ccc7sc8c(-c9ccccc9)cc(-c9ccccc9)cc8c7c6)n5)cc4c3c2)cc1. The van der Waals surface area contributed by atoms with Crippen molar-refractivity contribution in [3.63, 3.8) is 0 Å². The quantitative estimate of drug-likeness (QED) is 0.161. The molecule has 0 aliphatic heterocycles. The van der Waals surface area contributed by atoms with E-state index in [0.717, 1.165) is 16.7 Å². The summed E-state index contributed by atoms with van der Waals surface area (Å²) in [6, 6.07) is 75.7. The van der Waals surface area contributed by atoms with Crippen molar-refractivity contribution in [3.8, 4) is 78.7 Å². The lowest BCUT2D eigenvalue weighted by atomic mass is 9.95. The van der Waals surface area contributed by atoms with Crippen LogP contribution in [0.5, 0.6) is 0 Å². The van der Waals surface area contributed by atoms with E-state index in [0.29, 0.717) is 17.5 Å². The van der Waals surface area contributed by atoms with Gasteiger partial charge >= 0.3 is 0 Å². The van der Waals surface area contributed by atoms with Crippen molar-refractivity contribution in [1.29, 1.82) is 0 Å². The van der Waals surface area contributed by atoms with Gasteiger partial charge in [-0.1, -0.05) is 152 Å². The predicted octanol–water partition coefficient (Wildman–Crippen LogP) is 16.3. The Morgan fingerprint density at radius 2 is 0.565 bits per heavy atom. The van der Waals surface area contributed by atoms with Gasteiger partial charge < -0.3 is 0 Å². The molecule has 0 amide bonds. The zero-order valence-electron chi connectivity index (χ0n) is 33.4. The third kappa shape index (κ3) is 6.47. The zero-order chi connectivity index (χ0) is 41.0. The second-order valence-corrected chi connectivity index (χ2v) is 17.7. The van der Waals surface area contributed by atoms with Crippen molar-refractivity contribution in [1.82, 2.24) is 15.0 Å². The third-order valence-electron chi connectivity index (χ3n) is 11.7. The highest BCUT2D eigenvalue weighted by molar-refractivity contribution is 7.26. The third-order valence-corrected chi connectivity index (χ3v) is 14.1. The van der Waals surface area contributed by atoms with Gasteiger partial charge in [-0.05, 0) is 94.0 Å². The molecular weight excluding hydrogens is 791 g/mol. The number of aromatic nitrogens is 3. The Labute approximate surface area is 366 Å². The van der Waals surface area contributed by atoms with Crippen LogP contribution >= 0.6 is 22.7 Å². The summed E-state index contributed by atoms with van der Waals surface area (Å²) in [5.41, 5.74) is 12.5.